The van der Waals surface area contributed by atoms with Crippen LogP contribution < -0.4 is 0 Å². The van der Waals surface area contributed by atoms with E-state index >= 15 is 0 Å². The molecule has 3 fully saturated rings. The lowest BCUT2D eigenvalue weighted by molar-refractivity contribution is -0.222. The molecule has 0 aromatic heterocycles. The zero-order valence-electron chi connectivity index (χ0n) is 13.5. The highest BCUT2D eigenvalue weighted by atomic mass is 16.8. The molecule has 2 atom stereocenters. The molecule has 3 nitrogen and oxygen atoms in total. The van der Waals surface area contributed by atoms with Crippen LogP contribution in [0.2, 0.25) is 0 Å². The molecule has 3 heteroatoms. The maximum Gasteiger partial charge on any atom is 0.164 e. The number of Topliss-reactive ketones (excluding diaryl/α,β-unsaturated/α-hetero) is 1. The Morgan fingerprint density at radius 1 is 1.00 bits per heavy atom. The van der Waals surface area contributed by atoms with Crippen LogP contribution in [-0.2, 0) is 14.3 Å². The van der Waals surface area contributed by atoms with E-state index in [1.54, 1.807) is 0 Å². The SMILES string of the molecule is CC1(C)O[C@@H]2CCC(C)(C)C3(CCC(=O)CC3)[C@@]2(C)O1. The second kappa shape index (κ2) is 4.07. The molecule has 0 aromatic rings. The van der Waals surface area contributed by atoms with Gasteiger partial charge < -0.3 is 9.47 Å². The van der Waals surface area contributed by atoms with E-state index in [1.165, 1.54) is 0 Å². The molecule has 2 saturated carbocycles. The molecule has 3 rings (SSSR count). The molecule has 0 amide bonds. The summed E-state index contributed by atoms with van der Waals surface area (Å²) in [5.41, 5.74) is -0.00766. The Kier molecular flexibility index (Phi) is 2.96. The van der Waals surface area contributed by atoms with E-state index in [1.807, 2.05) is 13.8 Å². The van der Waals surface area contributed by atoms with Crippen LogP contribution in [0.5, 0.6) is 0 Å². The van der Waals surface area contributed by atoms with Gasteiger partial charge in [-0.05, 0) is 51.9 Å². The molecule has 1 spiro atoms. The first-order valence-electron chi connectivity index (χ1n) is 8.02. The highest BCUT2D eigenvalue weighted by Crippen LogP contribution is 2.66. The van der Waals surface area contributed by atoms with Crippen molar-refractivity contribution in [2.75, 3.05) is 0 Å². The summed E-state index contributed by atoms with van der Waals surface area (Å²) in [7, 11) is 0. The maximum atomic E-state index is 11.8. The number of rotatable bonds is 0. The van der Waals surface area contributed by atoms with E-state index in [0.717, 1.165) is 25.7 Å². The van der Waals surface area contributed by atoms with E-state index in [9.17, 15) is 4.79 Å². The number of carbonyl (C=O) groups is 1. The number of carbonyl (C=O) groups excluding carboxylic acids is 1. The molecule has 1 aliphatic heterocycles. The highest BCUT2D eigenvalue weighted by Gasteiger charge is 2.68. The van der Waals surface area contributed by atoms with Crippen molar-refractivity contribution >= 4 is 5.78 Å². The van der Waals surface area contributed by atoms with Crippen LogP contribution in [0.25, 0.3) is 0 Å². The topological polar surface area (TPSA) is 35.5 Å². The molecule has 0 bridgehead atoms. The Labute approximate surface area is 122 Å². The van der Waals surface area contributed by atoms with Gasteiger partial charge in [-0.25, -0.2) is 0 Å². The lowest BCUT2D eigenvalue weighted by Crippen LogP contribution is -2.64. The Morgan fingerprint density at radius 2 is 1.60 bits per heavy atom. The number of fused-ring (bicyclic) bond motifs is 2. The second-order valence-corrected chi connectivity index (χ2v) is 8.26. The van der Waals surface area contributed by atoms with E-state index in [4.69, 9.17) is 9.47 Å². The van der Waals surface area contributed by atoms with Gasteiger partial charge in [0.1, 0.15) is 11.4 Å². The second-order valence-electron chi connectivity index (χ2n) is 8.26. The Balaban J connectivity index is 2.05. The zero-order chi connectivity index (χ0) is 14.8. The number of ketones is 1. The molecule has 0 aromatic carbocycles. The molecule has 114 valence electrons. The van der Waals surface area contributed by atoms with E-state index in [0.29, 0.717) is 18.6 Å². The first-order valence-corrected chi connectivity index (χ1v) is 8.02. The van der Waals surface area contributed by atoms with Crippen LogP contribution in [0, 0.1) is 10.8 Å². The third kappa shape index (κ3) is 1.75. The van der Waals surface area contributed by atoms with Crippen molar-refractivity contribution in [1.82, 2.24) is 0 Å². The molecule has 0 unspecified atom stereocenters. The summed E-state index contributed by atoms with van der Waals surface area (Å²) >= 11 is 0. The van der Waals surface area contributed by atoms with Crippen molar-refractivity contribution in [3.63, 3.8) is 0 Å². The fourth-order valence-corrected chi connectivity index (χ4v) is 5.33. The fourth-order valence-electron chi connectivity index (χ4n) is 5.33. The lowest BCUT2D eigenvalue weighted by atomic mass is 9.46. The summed E-state index contributed by atoms with van der Waals surface area (Å²) < 4.78 is 12.7. The standard InChI is InChI=1S/C17H28O3/c1-14(2)9-8-13-16(5,20-15(3,4)19-13)17(14)10-6-12(18)7-11-17/h13H,6-11H2,1-5H3/t13-,16+/m1/s1. The summed E-state index contributed by atoms with van der Waals surface area (Å²) in [6.07, 6.45) is 5.68. The van der Waals surface area contributed by atoms with Gasteiger partial charge >= 0.3 is 0 Å². The first-order chi connectivity index (χ1) is 9.12. The molecule has 0 radical (unpaired) electrons. The molecule has 20 heavy (non-hydrogen) atoms. The van der Waals surface area contributed by atoms with Gasteiger partial charge in [-0.3, -0.25) is 4.79 Å². The minimum absolute atomic E-state index is 0.0601. The Bertz CT molecular complexity index is 428. The predicted octanol–water partition coefficient (Wildman–Crippen LogP) is 3.85. The molecular weight excluding hydrogens is 252 g/mol. The van der Waals surface area contributed by atoms with Crippen molar-refractivity contribution in [2.45, 2.75) is 90.6 Å². The van der Waals surface area contributed by atoms with Crippen LogP contribution in [0.15, 0.2) is 0 Å². The molecule has 2 aliphatic carbocycles. The van der Waals surface area contributed by atoms with Gasteiger partial charge in [-0.2, -0.15) is 0 Å². The van der Waals surface area contributed by atoms with Crippen LogP contribution in [-0.4, -0.2) is 23.3 Å². The highest BCUT2D eigenvalue weighted by molar-refractivity contribution is 5.79. The van der Waals surface area contributed by atoms with Gasteiger partial charge in [-0.1, -0.05) is 13.8 Å². The van der Waals surface area contributed by atoms with Gasteiger partial charge in [0.05, 0.1) is 6.10 Å². The van der Waals surface area contributed by atoms with Gasteiger partial charge in [0.15, 0.2) is 5.79 Å². The number of hydrogen-bond acceptors (Lipinski definition) is 3. The summed E-state index contributed by atoms with van der Waals surface area (Å²) in [6, 6.07) is 0. The van der Waals surface area contributed by atoms with Crippen LogP contribution in [0.3, 0.4) is 0 Å². The third-order valence-electron chi connectivity index (χ3n) is 6.44. The van der Waals surface area contributed by atoms with Crippen LogP contribution >= 0.6 is 0 Å². The molecule has 0 N–H and O–H groups in total. The maximum absolute atomic E-state index is 11.8. The van der Waals surface area contributed by atoms with Gasteiger partial charge in [0, 0.05) is 18.3 Å². The molecule has 3 aliphatic rings. The summed E-state index contributed by atoms with van der Waals surface area (Å²) in [5, 5.41) is 0. The van der Waals surface area contributed by atoms with E-state index in [2.05, 4.69) is 20.8 Å². The summed E-state index contributed by atoms with van der Waals surface area (Å²) in [4.78, 5) is 11.8. The van der Waals surface area contributed by atoms with Crippen molar-refractivity contribution < 1.29 is 14.3 Å². The lowest BCUT2D eigenvalue weighted by Gasteiger charge is -2.61. The zero-order valence-corrected chi connectivity index (χ0v) is 13.5. The van der Waals surface area contributed by atoms with Gasteiger partial charge in [0.25, 0.3) is 0 Å². The minimum Gasteiger partial charge on any atom is -0.344 e. The molecule has 1 saturated heterocycles. The van der Waals surface area contributed by atoms with Crippen molar-refractivity contribution in [3.8, 4) is 0 Å². The summed E-state index contributed by atoms with van der Waals surface area (Å²) in [6.45, 7) is 11.0. The Morgan fingerprint density at radius 3 is 2.20 bits per heavy atom. The largest absolute Gasteiger partial charge is 0.344 e. The smallest absolute Gasteiger partial charge is 0.164 e. The van der Waals surface area contributed by atoms with Crippen molar-refractivity contribution in [1.29, 1.82) is 0 Å². The van der Waals surface area contributed by atoms with E-state index in [-0.39, 0.29) is 22.5 Å². The van der Waals surface area contributed by atoms with Gasteiger partial charge in [0.2, 0.25) is 0 Å². The monoisotopic (exact) mass is 280 g/mol. The normalized spacial score (nSPS) is 41.6. The fraction of sp³-hybridized carbons (Fsp3) is 0.941. The summed E-state index contributed by atoms with van der Waals surface area (Å²) in [5.74, 6) is -0.0933. The Hall–Kier alpha value is -0.410. The van der Waals surface area contributed by atoms with Crippen LogP contribution in [0.4, 0.5) is 0 Å². The number of ether oxygens (including phenoxy) is 2. The predicted molar refractivity (Wildman–Crippen MR) is 77.4 cm³/mol. The van der Waals surface area contributed by atoms with Crippen molar-refractivity contribution in [2.24, 2.45) is 10.8 Å². The van der Waals surface area contributed by atoms with Crippen molar-refractivity contribution in [3.05, 3.63) is 0 Å². The quantitative estimate of drug-likeness (QED) is 0.676. The van der Waals surface area contributed by atoms with E-state index < -0.39 is 5.79 Å². The third-order valence-corrected chi connectivity index (χ3v) is 6.44. The number of hydrogen-bond donors (Lipinski definition) is 0. The average molecular weight is 280 g/mol. The first kappa shape index (κ1) is 14.5. The molecular formula is C17H28O3. The van der Waals surface area contributed by atoms with Crippen LogP contribution in [0.1, 0.15) is 73.1 Å². The minimum atomic E-state index is -0.506. The molecule has 1 heterocycles. The van der Waals surface area contributed by atoms with Gasteiger partial charge in [-0.15, -0.1) is 0 Å². The average Bonchev–Trinajstić information content (AvgIpc) is 2.58.